The van der Waals surface area contributed by atoms with Gasteiger partial charge in [0.2, 0.25) is 5.91 Å². The summed E-state index contributed by atoms with van der Waals surface area (Å²) >= 11 is 0. The van der Waals surface area contributed by atoms with E-state index in [2.05, 4.69) is 26.1 Å². The third kappa shape index (κ3) is 3.60. The molecule has 106 valence electrons. The molecule has 1 N–H and O–H groups in total. The Morgan fingerprint density at radius 3 is 2.89 bits per heavy atom. The standard InChI is InChI=1S/C15H24N2O2/c1-11(2)16-14-8-9-17(15(14)18)12(3)6-7-13-5-4-10-19-13/h4-5,10-12,14,16H,6-9H2,1-3H3. The molecule has 2 atom stereocenters. The molecule has 0 aliphatic carbocycles. The molecule has 0 saturated carbocycles. The molecule has 1 aromatic heterocycles. The minimum absolute atomic E-state index is 0.00561. The zero-order valence-electron chi connectivity index (χ0n) is 12.1. The fraction of sp³-hybridized carbons (Fsp3) is 0.667. The van der Waals surface area contributed by atoms with Crippen LogP contribution in [-0.2, 0) is 11.2 Å². The summed E-state index contributed by atoms with van der Waals surface area (Å²) in [5.74, 6) is 1.25. The van der Waals surface area contributed by atoms with E-state index in [1.54, 1.807) is 6.26 Å². The van der Waals surface area contributed by atoms with Crippen LogP contribution in [0.3, 0.4) is 0 Å². The molecule has 1 aliphatic rings. The van der Waals surface area contributed by atoms with Gasteiger partial charge in [-0.15, -0.1) is 0 Å². The van der Waals surface area contributed by atoms with Crippen molar-refractivity contribution in [1.82, 2.24) is 10.2 Å². The van der Waals surface area contributed by atoms with Gasteiger partial charge in [0.15, 0.2) is 0 Å². The van der Waals surface area contributed by atoms with Gasteiger partial charge in [0, 0.05) is 25.0 Å². The van der Waals surface area contributed by atoms with Gasteiger partial charge in [0.05, 0.1) is 12.3 Å². The van der Waals surface area contributed by atoms with Crippen LogP contribution in [0.4, 0.5) is 0 Å². The highest BCUT2D eigenvalue weighted by Gasteiger charge is 2.34. The normalized spacial score (nSPS) is 21.4. The van der Waals surface area contributed by atoms with Crippen LogP contribution in [0.25, 0.3) is 0 Å². The molecule has 1 amide bonds. The van der Waals surface area contributed by atoms with Gasteiger partial charge in [-0.05, 0) is 31.9 Å². The van der Waals surface area contributed by atoms with Crippen molar-refractivity contribution in [3.8, 4) is 0 Å². The third-order valence-corrected chi connectivity index (χ3v) is 3.70. The van der Waals surface area contributed by atoms with Gasteiger partial charge in [0.1, 0.15) is 5.76 Å². The Morgan fingerprint density at radius 2 is 2.26 bits per heavy atom. The lowest BCUT2D eigenvalue weighted by molar-refractivity contribution is -0.131. The van der Waals surface area contributed by atoms with Gasteiger partial charge >= 0.3 is 0 Å². The van der Waals surface area contributed by atoms with Gasteiger partial charge in [-0.2, -0.15) is 0 Å². The van der Waals surface area contributed by atoms with Crippen molar-refractivity contribution in [2.75, 3.05) is 6.54 Å². The molecule has 2 unspecified atom stereocenters. The summed E-state index contributed by atoms with van der Waals surface area (Å²) in [6.45, 7) is 7.15. The number of aryl methyl sites for hydroxylation is 1. The molecule has 4 nitrogen and oxygen atoms in total. The van der Waals surface area contributed by atoms with Crippen molar-refractivity contribution in [3.63, 3.8) is 0 Å². The molecule has 1 aromatic rings. The third-order valence-electron chi connectivity index (χ3n) is 3.70. The van der Waals surface area contributed by atoms with Crippen LogP contribution in [0.5, 0.6) is 0 Å². The highest BCUT2D eigenvalue weighted by atomic mass is 16.3. The van der Waals surface area contributed by atoms with Gasteiger partial charge < -0.3 is 14.6 Å². The first-order valence-corrected chi connectivity index (χ1v) is 7.17. The Hall–Kier alpha value is -1.29. The first kappa shape index (κ1) is 14.1. The number of carbonyl (C=O) groups is 1. The first-order valence-electron chi connectivity index (χ1n) is 7.17. The van der Waals surface area contributed by atoms with E-state index in [-0.39, 0.29) is 18.0 Å². The van der Waals surface area contributed by atoms with E-state index in [1.165, 1.54) is 0 Å². The number of amides is 1. The van der Waals surface area contributed by atoms with Crippen molar-refractivity contribution in [3.05, 3.63) is 24.2 Å². The van der Waals surface area contributed by atoms with Gasteiger partial charge in [0.25, 0.3) is 0 Å². The average molecular weight is 264 g/mol. The molecule has 0 aromatic carbocycles. The predicted molar refractivity (Wildman–Crippen MR) is 74.9 cm³/mol. The average Bonchev–Trinajstić information content (AvgIpc) is 2.97. The van der Waals surface area contributed by atoms with Gasteiger partial charge in [-0.3, -0.25) is 4.79 Å². The van der Waals surface area contributed by atoms with E-state index in [9.17, 15) is 4.79 Å². The Bertz CT molecular complexity index is 400. The molecular formula is C15H24N2O2. The minimum Gasteiger partial charge on any atom is -0.469 e. The van der Waals surface area contributed by atoms with E-state index in [0.717, 1.165) is 31.6 Å². The molecule has 1 saturated heterocycles. The van der Waals surface area contributed by atoms with Crippen LogP contribution in [0.1, 0.15) is 39.4 Å². The molecule has 0 bridgehead atoms. The molecule has 19 heavy (non-hydrogen) atoms. The first-order chi connectivity index (χ1) is 9.08. The summed E-state index contributed by atoms with van der Waals surface area (Å²) in [5.41, 5.74) is 0. The number of hydrogen-bond acceptors (Lipinski definition) is 3. The van der Waals surface area contributed by atoms with Crippen LogP contribution < -0.4 is 5.32 Å². The topological polar surface area (TPSA) is 45.5 Å². The number of hydrogen-bond donors (Lipinski definition) is 1. The molecule has 4 heteroatoms. The zero-order valence-corrected chi connectivity index (χ0v) is 12.1. The number of likely N-dealkylation sites (tertiary alicyclic amines) is 1. The molecular weight excluding hydrogens is 240 g/mol. The smallest absolute Gasteiger partial charge is 0.240 e. The number of carbonyl (C=O) groups excluding carboxylic acids is 1. The maximum absolute atomic E-state index is 12.3. The molecule has 2 heterocycles. The number of rotatable bonds is 6. The molecule has 2 rings (SSSR count). The second kappa shape index (κ2) is 6.24. The maximum Gasteiger partial charge on any atom is 0.240 e. The van der Waals surface area contributed by atoms with Crippen LogP contribution in [0.15, 0.2) is 22.8 Å². The highest BCUT2D eigenvalue weighted by Crippen LogP contribution is 2.18. The zero-order chi connectivity index (χ0) is 13.8. The van der Waals surface area contributed by atoms with Crippen molar-refractivity contribution in [1.29, 1.82) is 0 Å². The van der Waals surface area contributed by atoms with E-state index in [1.807, 2.05) is 17.0 Å². The number of nitrogens with zero attached hydrogens (tertiary/aromatic N) is 1. The van der Waals surface area contributed by atoms with Crippen LogP contribution in [0.2, 0.25) is 0 Å². The lowest BCUT2D eigenvalue weighted by Crippen LogP contribution is -2.44. The second-order valence-electron chi connectivity index (χ2n) is 5.66. The van der Waals surface area contributed by atoms with Gasteiger partial charge in [-0.25, -0.2) is 0 Å². The summed E-state index contributed by atoms with van der Waals surface area (Å²) in [6, 6.07) is 4.53. The second-order valence-corrected chi connectivity index (χ2v) is 5.66. The summed E-state index contributed by atoms with van der Waals surface area (Å²) in [7, 11) is 0. The fourth-order valence-corrected chi connectivity index (χ4v) is 2.66. The summed E-state index contributed by atoms with van der Waals surface area (Å²) in [4.78, 5) is 14.3. The maximum atomic E-state index is 12.3. The summed E-state index contributed by atoms with van der Waals surface area (Å²) < 4.78 is 5.33. The summed E-state index contributed by atoms with van der Waals surface area (Å²) in [5, 5.41) is 3.34. The predicted octanol–water partition coefficient (Wildman–Crippen LogP) is 2.20. The Morgan fingerprint density at radius 1 is 1.47 bits per heavy atom. The van der Waals surface area contributed by atoms with E-state index in [0.29, 0.717) is 6.04 Å². The Kier molecular flexibility index (Phi) is 4.64. The molecule has 0 radical (unpaired) electrons. The monoisotopic (exact) mass is 264 g/mol. The molecule has 1 aliphatic heterocycles. The summed E-state index contributed by atoms with van der Waals surface area (Å²) in [6.07, 6.45) is 4.46. The number of nitrogens with one attached hydrogen (secondary N) is 1. The lowest BCUT2D eigenvalue weighted by Gasteiger charge is -2.25. The van der Waals surface area contributed by atoms with Crippen molar-refractivity contribution >= 4 is 5.91 Å². The number of furan rings is 1. The minimum atomic E-state index is 0.00561. The highest BCUT2D eigenvalue weighted by molar-refractivity contribution is 5.84. The lowest BCUT2D eigenvalue weighted by atomic mass is 10.1. The van der Waals surface area contributed by atoms with Crippen molar-refractivity contribution < 1.29 is 9.21 Å². The van der Waals surface area contributed by atoms with E-state index < -0.39 is 0 Å². The van der Waals surface area contributed by atoms with Crippen LogP contribution >= 0.6 is 0 Å². The largest absolute Gasteiger partial charge is 0.469 e. The van der Waals surface area contributed by atoms with Crippen molar-refractivity contribution in [2.45, 2.75) is 58.2 Å². The fourth-order valence-electron chi connectivity index (χ4n) is 2.66. The van der Waals surface area contributed by atoms with Crippen molar-refractivity contribution in [2.24, 2.45) is 0 Å². The van der Waals surface area contributed by atoms with Crippen LogP contribution in [0, 0.1) is 0 Å². The van der Waals surface area contributed by atoms with E-state index >= 15 is 0 Å². The molecule has 0 spiro atoms. The Labute approximate surface area is 115 Å². The van der Waals surface area contributed by atoms with E-state index in [4.69, 9.17) is 4.42 Å². The van der Waals surface area contributed by atoms with Gasteiger partial charge in [-0.1, -0.05) is 13.8 Å². The Balaban J connectivity index is 1.83. The quantitative estimate of drug-likeness (QED) is 0.856. The SMILES string of the molecule is CC(C)NC1CCN(C(C)CCc2ccco2)C1=O. The van der Waals surface area contributed by atoms with Crippen LogP contribution in [-0.4, -0.2) is 35.5 Å². The molecule has 1 fully saturated rings.